The number of halogens is 1. The average molecular weight is 489 g/mol. The Balaban J connectivity index is 1.88. The summed E-state index contributed by atoms with van der Waals surface area (Å²) in [6.45, 7) is 5.65. The predicted molar refractivity (Wildman–Crippen MR) is 136 cm³/mol. The summed E-state index contributed by atoms with van der Waals surface area (Å²) in [5.41, 5.74) is 2.33. The lowest BCUT2D eigenvalue weighted by molar-refractivity contribution is 0.0697. The SMILES string of the molecule is CCN(CC)c1ccc2c(-c3ccccc3C(=O)O)c(-c3nc4cc(Cl)ccc4o3)c(=O)oc2c1. The van der Waals surface area contributed by atoms with Gasteiger partial charge in [0.15, 0.2) is 5.58 Å². The molecule has 0 fully saturated rings. The van der Waals surface area contributed by atoms with Crippen LogP contribution in [0.25, 0.3) is 44.7 Å². The maximum absolute atomic E-state index is 13.4. The standard InChI is InChI=1S/C27H21ClN2O5/c1-3-30(4-2)16-10-11-19-22(14-16)35-27(33)24(23(19)17-7-5-6-8-18(17)26(31)32)25-29-20-13-15(28)9-12-21(20)34-25/h5-14H,3-4H2,1-2H3,(H,31,32). The number of oxazole rings is 1. The van der Waals surface area contributed by atoms with Crippen molar-refractivity contribution in [3.05, 3.63) is 81.7 Å². The van der Waals surface area contributed by atoms with Crippen LogP contribution in [0.5, 0.6) is 0 Å². The van der Waals surface area contributed by atoms with E-state index in [1.807, 2.05) is 26.0 Å². The van der Waals surface area contributed by atoms with Crippen molar-refractivity contribution in [3.8, 4) is 22.6 Å². The van der Waals surface area contributed by atoms with Crippen molar-refractivity contribution in [2.24, 2.45) is 0 Å². The molecule has 0 saturated carbocycles. The van der Waals surface area contributed by atoms with Crippen LogP contribution in [0.3, 0.4) is 0 Å². The fourth-order valence-electron chi connectivity index (χ4n) is 4.34. The molecule has 0 spiro atoms. The van der Waals surface area contributed by atoms with Crippen LogP contribution in [0.15, 0.2) is 74.3 Å². The summed E-state index contributed by atoms with van der Waals surface area (Å²) < 4.78 is 11.7. The number of aromatic nitrogens is 1. The molecule has 0 aliphatic carbocycles. The molecule has 8 heteroatoms. The van der Waals surface area contributed by atoms with Crippen molar-refractivity contribution in [1.82, 2.24) is 4.98 Å². The quantitative estimate of drug-likeness (QED) is 0.274. The molecule has 5 aromatic rings. The number of hydrogen-bond donors (Lipinski definition) is 1. The zero-order valence-electron chi connectivity index (χ0n) is 19.0. The summed E-state index contributed by atoms with van der Waals surface area (Å²) in [5, 5.41) is 10.9. The molecule has 0 atom stereocenters. The van der Waals surface area contributed by atoms with Gasteiger partial charge in [-0.2, -0.15) is 0 Å². The zero-order valence-corrected chi connectivity index (χ0v) is 19.8. The van der Waals surface area contributed by atoms with Crippen molar-refractivity contribution < 1.29 is 18.7 Å². The molecule has 176 valence electrons. The summed E-state index contributed by atoms with van der Waals surface area (Å²) in [7, 11) is 0. The maximum atomic E-state index is 13.4. The largest absolute Gasteiger partial charge is 0.478 e. The Morgan fingerprint density at radius 1 is 0.971 bits per heavy atom. The minimum atomic E-state index is -1.11. The molecule has 0 unspecified atom stereocenters. The first kappa shape index (κ1) is 22.7. The number of rotatable bonds is 6. The first-order valence-electron chi connectivity index (χ1n) is 11.2. The number of carboxylic acids is 1. The minimum absolute atomic E-state index is 0.0286. The lowest BCUT2D eigenvalue weighted by Crippen LogP contribution is -2.21. The van der Waals surface area contributed by atoms with Crippen LogP contribution in [0.2, 0.25) is 5.02 Å². The van der Waals surface area contributed by atoms with Gasteiger partial charge in [0, 0.05) is 40.8 Å². The molecule has 0 aliphatic rings. The molecule has 1 N–H and O–H groups in total. The van der Waals surface area contributed by atoms with Gasteiger partial charge in [-0.3, -0.25) is 0 Å². The van der Waals surface area contributed by atoms with Gasteiger partial charge in [-0.1, -0.05) is 29.8 Å². The smallest absolute Gasteiger partial charge is 0.349 e. The average Bonchev–Trinajstić information content (AvgIpc) is 3.26. The Morgan fingerprint density at radius 3 is 2.49 bits per heavy atom. The van der Waals surface area contributed by atoms with E-state index >= 15 is 0 Å². The van der Waals surface area contributed by atoms with Crippen LogP contribution in [-0.2, 0) is 0 Å². The maximum Gasteiger partial charge on any atom is 0.349 e. The van der Waals surface area contributed by atoms with E-state index in [4.69, 9.17) is 20.4 Å². The highest BCUT2D eigenvalue weighted by Gasteiger charge is 2.25. The number of aromatic carboxylic acids is 1. The lowest BCUT2D eigenvalue weighted by Gasteiger charge is -2.21. The first-order valence-corrected chi connectivity index (χ1v) is 11.5. The van der Waals surface area contributed by atoms with Crippen LogP contribution >= 0.6 is 11.6 Å². The molecule has 2 aromatic heterocycles. The Morgan fingerprint density at radius 2 is 1.74 bits per heavy atom. The van der Waals surface area contributed by atoms with Crippen LogP contribution in [0.4, 0.5) is 5.69 Å². The Bertz CT molecular complexity index is 1650. The van der Waals surface area contributed by atoms with Crippen molar-refractivity contribution >= 4 is 45.3 Å². The summed E-state index contributed by atoms with van der Waals surface area (Å²) in [6.07, 6.45) is 0. The van der Waals surface area contributed by atoms with E-state index in [1.165, 1.54) is 6.07 Å². The third-order valence-corrected chi connectivity index (χ3v) is 6.25. The van der Waals surface area contributed by atoms with Gasteiger partial charge in [0.2, 0.25) is 5.89 Å². The molecule has 7 nitrogen and oxygen atoms in total. The lowest BCUT2D eigenvalue weighted by atomic mass is 9.93. The van der Waals surface area contributed by atoms with Crippen molar-refractivity contribution in [2.45, 2.75) is 13.8 Å². The molecule has 0 radical (unpaired) electrons. The molecular weight excluding hydrogens is 468 g/mol. The fraction of sp³-hybridized carbons (Fsp3) is 0.148. The van der Waals surface area contributed by atoms with E-state index in [9.17, 15) is 14.7 Å². The van der Waals surface area contributed by atoms with Gasteiger partial charge < -0.3 is 18.8 Å². The summed E-state index contributed by atoms with van der Waals surface area (Å²) in [4.78, 5) is 32.1. The Labute approximate surface area is 205 Å². The highest BCUT2D eigenvalue weighted by Crippen LogP contribution is 2.39. The molecule has 5 rings (SSSR count). The molecule has 0 amide bonds. The first-order chi connectivity index (χ1) is 16.9. The second-order valence-electron chi connectivity index (χ2n) is 7.97. The number of hydrogen-bond acceptors (Lipinski definition) is 6. The van der Waals surface area contributed by atoms with Crippen molar-refractivity contribution in [2.75, 3.05) is 18.0 Å². The zero-order chi connectivity index (χ0) is 24.7. The number of carbonyl (C=O) groups is 1. The normalized spacial score (nSPS) is 11.3. The van der Waals surface area contributed by atoms with Gasteiger partial charge in [-0.15, -0.1) is 0 Å². The van der Waals surface area contributed by atoms with Gasteiger partial charge in [0.25, 0.3) is 0 Å². The van der Waals surface area contributed by atoms with Crippen molar-refractivity contribution in [3.63, 3.8) is 0 Å². The Hall–Kier alpha value is -4.10. The summed E-state index contributed by atoms with van der Waals surface area (Å²) in [5.74, 6) is -1.09. The summed E-state index contributed by atoms with van der Waals surface area (Å²) >= 11 is 6.10. The molecular formula is C27H21ClN2O5. The van der Waals surface area contributed by atoms with Crippen LogP contribution in [-0.4, -0.2) is 29.1 Å². The highest BCUT2D eigenvalue weighted by atomic mass is 35.5. The third kappa shape index (κ3) is 3.94. The Kier molecular flexibility index (Phi) is 5.78. The van der Waals surface area contributed by atoms with Crippen LogP contribution in [0.1, 0.15) is 24.2 Å². The van der Waals surface area contributed by atoms with Crippen LogP contribution in [0, 0.1) is 0 Å². The van der Waals surface area contributed by atoms with E-state index < -0.39 is 11.6 Å². The number of anilines is 1. The number of carboxylic acid groups (broad SMARTS) is 1. The highest BCUT2D eigenvalue weighted by molar-refractivity contribution is 6.31. The molecule has 3 aromatic carbocycles. The molecule has 2 heterocycles. The van der Waals surface area contributed by atoms with Gasteiger partial charge in [-0.25, -0.2) is 14.6 Å². The fourth-order valence-corrected chi connectivity index (χ4v) is 4.51. The van der Waals surface area contributed by atoms with Gasteiger partial charge in [-0.05, 0) is 55.8 Å². The summed E-state index contributed by atoms with van der Waals surface area (Å²) in [6, 6.07) is 17.1. The van der Waals surface area contributed by atoms with E-state index in [0.717, 1.165) is 18.8 Å². The van der Waals surface area contributed by atoms with E-state index in [0.29, 0.717) is 38.2 Å². The number of benzene rings is 3. The van der Waals surface area contributed by atoms with Gasteiger partial charge in [0.05, 0.1) is 5.56 Å². The number of fused-ring (bicyclic) bond motifs is 2. The molecule has 0 aliphatic heterocycles. The number of nitrogens with zero attached hydrogens (tertiary/aromatic N) is 2. The third-order valence-electron chi connectivity index (χ3n) is 6.01. The van der Waals surface area contributed by atoms with Gasteiger partial charge >= 0.3 is 11.6 Å². The second-order valence-corrected chi connectivity index (χ2v) is 8.41. The van der Waals surface area contributed by atoms with Crippen LogP contribution < -0.4 is 10.5 Å². The molecule has 0 bridgehead atoms. The topological polar surface area (TPSA) is 96.8 Å². The van der Waals surface area contributed by atoms with Gasteiger partial charge in [0.1, 0.15) is 16.7 Å². The van der Waals surface area contributed by atoms with E-state index in [1.54, 1.807) is 42.5 Å². The monoisotopic (exact) mass is 488 g/mol. The van der Waals surface area contributed by atoms with E-state index in [-0.39, 0.29) is 17.0 Å². The molecule has 35 heavy (non-hydrogen) atoms. The molecule has 0 saturated heterocycles. The second kappa shape index (κ2) is 8.92. The minimum Gasteiger partial charge on any atom is -0.478 e. The van der Waals surface area contributed by atoms with E-state index in [2.05, 4.69) is 9.88 Å². The van der Waals surface area contributed by atoms with Crippen molar-refractivity contribution in [1.29, 1.82) is 0 Å². The predicted octanol–water partition coefficient (Wildman–Crippen LogP) is 6.47.